The molecule has 0 fully saturated rings. The molecule has 6 aromatic rings. The van der Waals surface area contributed by atoms with Crippen molar-refractivity contribution in [3.05, 3.63) is 110 Å². The summed E-state index contributed by atoms with van der Waals surface area (Å²) in [5.41, 5.74) is 3.46. The predicted octanol–water partition coefficient (Wildman–Crippen LogP) is 5.96. The molecule has 0 N–H and O–H groups in total. The van der Waals surface area contributed by atoms with Crippen LogP contribution in [0.5, 0.6) is 5.75 Å². The second kappa shape index (κ2) is 11.2. The SMILES string of the molecule is CCCCOc1ccc(/C=C/c2nc3s/c(=C\c4cn(-c5ccccc5)nc4-c4cccs4)c(=O)n3n2)cc1. The molecular formula is C30H25N5O2S2. The van der Waals surface area contributed by atoms with E-state index in [1.807, 2.05) is 101 Å². The molecule has 0 aliphatic carbocycles. The number of nitrogens with zero attached hydrogens (tertiary/aromatic N) is 5. The lowest BCUT2D eigenvalue weighted by atomic mass is 10.2. The number of unbranched alkanes of at least 4 members (excludes halogenated alkanes) is 1. The van der Waals surface area contributed by atoms with Gasteiger partial charge < -0.3 is 4.74 Å². The molecule has 0 saturated carbocycles. The molecule has 0 amide bonds. The van der Waals surface area contributed by atoms with E-state index in [-0.39, 0.29) is 5.56 Å². The van der Waals surface area contributed by atoms with Gasteiger partial charge in [-0.1, -0.05) is 67.2 Å². The number of fused-ring (bicyclic) bond motifs is 1. The van der Waals surface area contributed by atoms with Crippen molar-refractivity contribution in [2.45, 2.75) is 19.8 Å². The number of ether oxygens (including phenoxy) is 1. The normalized spacial score (nSPS) is 12.2. The van der Waals surface area contributed by atoms with E-state index < -0.39 is 0 Å². The molecule has 0 saturated heterocycles. The first-order valence-electron chi connectivity index (χ1n) is 12.7. The molecular weight excluding hydrogens is 526 g/mol. The van der Waals surface area contributed by atoms with Crippen LogP contribution in [0.3, 0.4) is 0 Å². The third kappa shape index (κ3) is 5.45. The highest BCUT2D eigenvalue weighted by molar-refractivity contribution is 7.15. The van der Waals surface area contributed by atoms with Crippen molar-refractivity contribution in [3.63, 3.8) is 0 Å². The minimum absolute atomic E-state index is 0.194. The van der Waals surface area contributed by atoms with Gasteiger partial charge >= 0.3 is 0 Å². The van der Waals surface area contributed by atoms with Gasteiger partial charge in [0, 0.05) is 11.8 Å². The summed E-state index contributed by atoms with van der Waals surface area (Å²) in [4.78, 5) is 19.4. The lowest BCUT2D eigenvalue weighted by Gasteiger charge is -2.04. The zero-order valence-electron chi connectivity index (χ0n) is 21.2. The van der Waals surface area contributed by atoms with E-state index in [9.17, 15) is 4.79 Å². The Balaban J connectivity index is 1.28. The van der Waals surface area contributed by atoms with Crippen LogP contribution in [0, 0.1) is 0 Å². The van der Waals surface area contributed by atoms with Crippen LogP contribution in [0.25, 0.3) is 39.4 Å². The van der Waals surface area contributed by atoms with Crippen molar-refractivity contribution >= 4 is 45.9 Å². The fraction of sp³-hybridized carbons (Fsp3) is 0.133. The summed E-state index contributed by atoms with van der Waals surface area (Å²) >= 11 is 2.94. The first kappa shape index (κ1) is 25.0. The molecule has 0 atom stereocenters. The average Bonchev–Trinajstić information content (AvgIpc) is 3.76. The lowest BCUT2D eigenvalue weighted by Crippen LogP contribution is -2.23. The summed E-state index contributed by atoms with van der Waals surface area (Å²) in [7, 11) is 0. The molecule has 6 rings (SSSR count). The van der Waals surface area contributed by atoms with E-state index in [4.69, 9.17) is 9.84 Å². The predicted molar refractivity (Wildman–Crippen MR) is 159 cm³/mol. The molecule has 39 heavy (non-hydrogen) atoms. The largest absolute Gasteiger partial charge is 0.494 e. The van der Waals surface area contributed by atoms with Crippen molar-refractivity contribution < 1.29 is 4.74 Å². The lowest BCUT2D eigenvalue weighted by molar-refractivity contribution is 0.309. The summed E-state index contributed by atoms with van der Waals surface area (Å²) in [5, 5.41) is 11.3. The van der Waals surface area contributed by atoms with Gasteiger partial charge in [-0.2, -0.15) is 14.6 Å². The van der Waals surface area contributed by atoms with Crippen LogP contribution in [0.4, 0.5) is 0 Å². The van der Waals surface area contributed by atoms with E-state index in [0.29, 0.717) is 15.3 Å². The smallest absolute Gasteiger partial charge is 0.291 e. The van der Waals surface area contributed by atoms with E-state index in [2.05, 4.69) is 17.0 Å². The monoisotopic (exact) mass is 551 g/mol. The fourth-order valence-electron chi connectivity index (χ4n) is 4.05. The van der Waals surface area contributed by atoms with Crippen molar-refractivity contribution in [1.29, 1.82) is 0 Å². The number of benzene rings is 2. The highest BCUT2D eigenvalue weighted by Crippen LogP contribution is 2.28. The van der Waals surface area contributed by atoms with Crippen LogP contribution in [0.1, 0.15) is 36.7 Å². The molecule has 0 unspecified atom stereocenters. The molecule has 0 radical (unpaired) electrons. The van der Waals surface area contributed by atoms with Gasteiger partial charge in [-0.3, -0.25) is 4.79 Å². The molecule has 7 nitrogen and oxygen atoms in total. The summed E-state index contributed by atoms with van der Waals surface area (Å²) in [6, 6.07) is 21.9. The zero-order chi connectivity index (χ0) is 26.6. The Bertz CT molecular complexity index is 1830. The number of hydrogen-bond donors (Lipinski definition) is 0. The van der Waals surface area contributed by atoms with Crippen molar-refractivity contribution in [1.82, 2.24) is 24.4 Å². The third-order valence-corrected chi connectivity index (χ3v) is 7.91. The van der Waals surface area contributed by atoms with Crippen LogP contribution in [-0.4, -0.2) is 31.0 Å². The van der Waals surface area contributed by atoms with E-state index in [1.54, 1.807) is 11.3 Å². The standard InChI is InChI=1S/C30H25N5O2S2/c1-2-3-17-37-24-14-11-21(12-15-24)13-16-27-31-30-35(32-27)29(36)26(39-30)19-22-20-34(23-8-5-4-6-9-23)33-28(22)25-10-7-18-38-25/h4-16,18-20H,2-3,17H2,1H3/b16-13+,26-19-. The third-order valence-electron chi connectivity index (χ3n) is 6.07. The first-order valence-corrected chi connectivity index (χ1v) is 14.4. The summed E-state index contributed by atoms with van der Waals surface area (Å²) in [5.74, 6) is 1.35. The van der Waals surface area contributed by atoms with Gasteiger partial charge in [-0.25, -0.2) is 4.68 Å². The Morgan fingerprint density at radius 1 is 0.974 bits per heavy atom. The highest BCUT2D eigenvalue weighted by Gasteiger charge is 2.14. The summed E-state index contributed by atoms with van der Waals surface area (Å²) in [6.45, 7) is 2.87. The quantitative estimate of drug-likeness (QED) is 0.207. The van der Waals surface area contributed by atoms with E-state index >= 15 is 0 Å². The molecule has 0 bridgehead atoms. The molecule has 194 valence electrons. The maximum atomic E-state index is 13.2. The van der Waals surface area contributed by atoms with Crippen molar-refractivity contribution in [3.8, 4) is 22.0 Å². The van der Waals surface area contributed by atoms with Gasteiger partial charge in [-0.05, 0) is 59.8 Å². The summed E-state index contributed by atoms with van der Waals surface area (Å²) in [6.07, 6.45) is 9.72. The minimum atomic E-state index is -0.194. The molecule has 4 aromatic heterocycles. The van der Waals surface area contributed by atoms with Gasteiger partial charge in [-0.15, -0.1) is 16.4 Å². The maximum absolute atomic E-state index is 13.2. The Morgan fingerprint density at radius 3 is 2.56 bits per heavy atom. The van der Waals surface area contributed by atoms with E-state index in [1.165, 1.54) is 15.9 Å². The molecule has 0 aliphatic rings. The zero-order valence-corrected chi connectivity index (χ0v) is 22.9. The number of para-hydroxylation sites is 1. The summed E-state index contributed by atoms with van der Waals surface area (Å²) < 4.78 is 9.49. The van der Waals surface area contributed by atoms with Gasteiger partial charge in [0.2, 0.25) is 4.96 Å². The minimum Gasteiger partial charge on any atom is -0.494 e. The number of thiophene rings is 1. The molecule has 9 heteroatoms. The van der Waals surface area contributed by atoms with Crippen molar-refractivity contribution in [2.24, 2.45) is 0 Å². The molecule has 0 aliphatic heterocycles. The Kier molecular flexibility index (Phi) is 7.16. The maximum Gasteiger partial charge on any atom is 0.291 e. The van der Waals surface area contributed by atoms with Crippen molar-refractivity contribution in [2.75, 3.05) is 6.61 Å². The number of thiazole rings is 1. The first-order chi connectivity index (χ1) is 19.2. The molecule has 4 heterocycles. The second-order valence-corrected chi connectivity index (χ2v) is 10.8. The van der Waals surface area contributed by atoms with Gasteiger partial charge in [0.15, 0.2) is 5.82 Å². The van der Waals surface area contributed by atoms with Crippen LogP contribution in [0.15, 0.2) is 83.1 Å². The van der Waals surface area contributed by atoms with Crippen LogP contribution in [0.2, 0.25) is 0 Å². The Hall–Kier alpha value is -4.34. The van der Waals surface area contributed by atoms with Gasteiger partial charge in [0.25, 0.3) is 5.56 Å². The van der Waals surface area contributed by atoms with Gasteiger partial charge in [0.1, 0.15) is 11.4 Å². The highest BCUT2D eigenvalue weighted by atomic mass is 32.1. The topological polar surface area (TPSA) is 74.3 Å². The van der Waals surface area contributed by atoms with Gasteiger partial charge in [0.05, 0.1) is 21.7 Å². The second-order valence-electron chi connectivity index (χ2n) is 8.88. The molecule has 2 aromatic carbocycles. The number of hydrogen-bond acceptors (Lipinski definition) is 7. The fourth-order valence-corrected chi connectivity index (χ4v) is 5.69. The van der Waals surface area contributed by atoms with E-state index in [0.717, 1.165) is 52.6 Å². The number of rotatable bonds is 9. The average molecular weight is 552 g/mol. The number of aromatic nitrogens is 5. The van der Waals surface area contributed by atoms with Crippen LogP contribution < -0.4 is 14.8 Å². The Labute approximate surface area is 233 Å². The van der Waals surface area contributed by atoms with Crippen LogP contribution >= 0.6 is 22.7 Å². The van der Waals surface area contributed by atoms with Crippen LogP contribution in [-0.2, 0) is 0 Å². The molecule has 0 spiro atoms. The Morgan fingerprint density at radius 2 is 1.82 bits per heavy atom.